The molecule has 418 valence electrons. The first-order chi connectivity index (χ1) is 38.5. The van der Waals surface area contributed by atoms with E-state index in [-0.39, 0.29) is 47.3 Å². The van der Waals surface area contributed by atoms with Crippen LogP contribution in [0.2, 0.25) is 0 Å². The third kappa shape index (κ3) is 12.8. The van der Waals surface area contributed by atoms with Crippen molar-refractivity contribution in [2.75, 3.05) is 13.1 Å². The Morgan fingerprint density at radius 2 is 0.802 bits per heavy atom. The van der Waals surface area contributed by atoms with Crippen LogP contribution in [-0.2, 0) is 33.2 Å². The van der Waals surface area contributed by atoms with Crippen LogP contribution in [0.5, 0.6) is 0 Å². The first-order valence-electron chi connectivity index (χ1n) is 28.8. The van der Waals surface area contributed by atoms with Crippen molar-refractivity contribution in [2.45, 2.75) is 96.1 Å². The van der Waals surface area contributed by atoms with E-state index in [4.69, 9.17) is 19.9 Å². The van der Waals surface area contributed by atoms with Gasteiger partial charge in [-0.2, -0.15) is 4.57 Å². The summed E-state index contributed by atoms with van der Waals surface area (Å²) in [5.41, 5.74) is 12.5. The van der Waals surface area contributed by atoms with E-state index in [1.165, 1.54) is 0 Å². The summed E-state index contributed by atoms with van der Waals surface area (Å²) in [5.74, 6) is 3.62. The zero-order valence-corrected chi connectivity index (χ0v) is 50.3. The van der Waals surface area contributed by atoms with Crippen LogP contribution < -0.4 is 25.2 Å². The fourth-order valence-electron chi connectivity index (χ4n) is 12.0. The van der Waals surface area contributed by atoms with E-state index >= 15 is 0 Å². The molecule has 0 spiro atoms. The topological polar surface area (TPSA) is 155 Å². The molecule has 12 nitrogen and oxygen atoms in total. The summed E-state index contributed by atoms with van der Waals surface area (Å²) in [4.78, 5) is 62.5. The summed E-state index contributed by atoms with van der Waals surface area (Å²) in [5, 5.41) is 6.47. The van der Waals surface area contributed by atoms with Gasteiger partial charge in [0.2, 0.25) is 12.5 Å². The van der Waals surface area contributed by atoms with E-state index in [1.807, 2.05) is 114 Å². The van der Waals surface area contributed by atoms with Crippen LogP contribution in [0.3, 0.4) is 0 Å². The van der Waals surface area contributed by atoms with Gasteiger partial charge < -0.3 is 20.6 Å². The van der Waals surface area contributed by atoms with Crippen LogP contribution in [0.15, 0.2) is 122 Å². The smallest absolute Gasteiger partial charge is 0.657 e. The number of nitrogens with one attached hydrogen (secondary N) is 2. The Kier molecular flexibility index (Phi) is 19.2. The fourth-order valence-corrected chi connectivity index (χ4v) is 12.0. The maximum absolute atomic E-state index is 14.6. The molecule has 7 aromatic heterocycles. The molecule has 9 heterocycles. The molecule has 2 aliphatic rings. The molecular formula is C68H79MnN10O2+2. The summed E-state index contributed by atoms with van der Waals surface area (Å²) < 4.78 is 1.87. The molecule has 2 N–H and O–H groups in total. The van der Waals surface area contributed by atoms with E-state index in [1.54, 1.807) is 37.2 Å². The Labute approximate surface area is 489 Å². The summed E-state index contributed by atoms with van der Waals surface area (Å²) in [6, 6.07) is 24.1. The molecule has 8 unspecified atom stereocenters. The molecule has 7 aromatic rings. The number of rotatable bonds is 20. The first kappa shape index (κ1) is 59.8. The molecule has 0 saturated carbocycles. The van der Waals surface area contributed by atoms with Crippen LogP contribution in [0.25, 0.3) is 90.9 Å². The number of carbonyl (C=O) groups is 2. The number of hydrogen-bond donors (Lipinski definition) is 2. The van der Waals surface area contributed by atoms with Gasteiger partial charge in [0.25, 0.3) is 5.91 Å². The Morgan fingerprint density at radius 1 is 0.469 bits per heavy atom. The monoisotopic (exact) mass is 1120 g/mol. The molecule has 0 radical (unpaired) electrons. The van der Waals surface area contributed by atoms with Gasteiger partial charge in [0.1, 0.15) is 0 Å². The average molecular weight is 1120 g/mol. The van der Waals surface area contributed by atoms with Gasteiger partial charge in [-0.3, -0.25) is 24.5 Å². The number of aromatic nitrogens is 8. The predicted octanol–water partition coefficient (Wildman–Crippen LogP) is 13.4. The van der Waals surface area contributed by atoms with Gasteiger partial charge in [-0.05, 0) is 165 Å². The minimum atomic E-state index is -0.573. The van der Waals surface area contributed by atoms with E-state index in [0.717, 1.165) is 89.4 Å². The molecule has 9 rings (SSSR count). The van der Waals surface area contributed by atoms with E-state index in [9.17, 15) is 9.59 Å². The second kappa shape index (κ2) is 26.1. The number of fused-ring (bicyclic) bond motifs is 8. The molecule has 8 bridgehead atoms. The quantitative estimate of drug-likeness (QED) is 0.0431. The molecule has 13 heteroatoms. The largest absolute Gasteiger partial charge is 3.00 e. The van der Waals surface area contributed by atoms with Crippen LogP contribution >= 0.6 is 0 Å². The summed E-state index contributed by atoms with van der Waals surface area (Å²) in [6.45, 7) is 28.8. The van der Waals surface area contributed by atoms with E-state index in [0.29, 0.717) is 60.9 Å². The molecule has 2 aliphatic heterocycles. The SMILES string of the molecule is CC(C)C(C)C(C)C(C)C(C)C(C)(C(=O)NCCCNC(=O)C[n+]1ccc(-c2c3nc(c(-c4ccncc4)c4ccc([n-]4)c(-c4ccncc4)c4nc(c(-c5ccncc5)c5ccc2[n-]5)C=C4)C=C3)cc1)C(C)C(C)C(C)C(C)C.[Mn+3]. The van der Waals surface area contributed by atoms with Gasteiger partial charge >= 0.3 is 17.1 Å². The Morgan fingerprint density at radius 3 is 1.17 bits per heavy atom. The van der Waals surface area contributed by atoms with Crippen molar-refractivity contribution in [3.63, 3.8) is 0 Å². The van der Waals surface area contributed by atoms with Crippen LogP contribution in [-0.4, -0.2) is 49.8 Å². The number of pyridine rings is 4. The number of nitrogens with zero attached hydrogens (tertiary/aromatic N) is 8. The predicted molar refractivity (Wildman–Crippen MR) is 325 cm³/mol. The number of hydrogen-bond acceptors (Lipinski definition) is 7. The molecule has 81 heavy (non-hydrogen) atoms. The molecule has 8 atom stereocenters. The van der Waals surface area contributed by atoms with Crippen LogP contribution in [0, 0.1) is 58.7 Å². The zero-order chi connectivity index (χ0) is 56.8. The maximum atomic E-state index is 14.6. The van der Waals surface area contributed by atoms with Crippen molar-refractivity contribution in [3.8, 4) is 44.5 Å². The molecule has 0 saturated heterocycles. The fraction of sp³-hybridized carbons (Fsp3) is 0.382. The zero-order valence-electron chi connectivity index (χ0n) is 49.2. The average Bonchev–Trinajstić information content (AvgIpc) is 4.34. The number of carbonyl (C=O) groups excluding carboxylic acids is 2. The van der Waals surface area contributed by atoms with Crippen LogP contribution in [0.1, 0.15) is 112 Å². The minimum Gasteiger partial charge on any atom is -0.657 e. The summed E-state index contributed by atoms with van der Waals surface area (Å²) in [7, 11) is 0. The van der Waals surface area contributed by atoms with Crippen molar-refractivity contribution in [1.82, 2.24) is 45.5 Å². The molecule has 0 aromatic carbocycles. The second-order valence-electron chi connectivity index (χ2n) is 23.4. The molecule has 0 fully saturated rings. The minimum absolute atomic E-state index is 0. The van der Waals surface area contributed by atoms with Crippen molar-refractivity contribution < 1.29 is 31.2 Å². The first-order valence-corrected chi connectivity index (χ1v) is 28.8. The summed E-state index contributed by atoms with van der Waals surface area (Å²) >= 11 is 0. The Balaban J connectivity index is 0.00000860. The number of amides is 2. The van der Waals surface area contributed by atoms with Gasteiger partial charge in [0.05, 0.1) is 28.2 Å². The molecular weight excluding hydrogens is 1040 g/mol. The van der Waals surface area contributed by atoms with Crippen molar-refractivity contribution in [1.29, 1.82) is 0 Å². The van der Waals surface area contributed by atoms with E-state index in [2.05, 4.69) is 109 Å². The van der Waals surface area contributed by atoms with Gasteiger partial charge in [-0.25, -0.2) is 9.97 Å². The van der Waals surface area contributed by atoms with Gasteiger partial charge in [-0.1, -0.05) is 107 Å². The second-order valence-corrected chi connectivity index (χ2v) is 23.4. The van der Waals surface area contributed by atoms with Crippen molar-refractivity contribution in [2.24, 2.45) is 58.7 Å². The molecule has 0 aliphatic carbocycles. The standard InChI is InChI=1S/C68H80N10O2.Mn/c1-41(2)43(5)45(7)47(9)49(11)68(12,48(10)46(8)44(6)42(3)4)67(80)73-31-13-30-72-62(79)40-78-38-28-53(29-39-78)66-60-20-18-58(76-60)64(51-24-34-70-35-25-51)56-16-14-54(74-56)63(50-22-32-69-33-23-50)55-15-17-57(75-55)65(52-26-36-71-37-27-52)59-19-21-61(66)77-59;/h14-29,32-39,41-49H,13,30-31,40H2,1-12H3,(H3,72,73,74,75,76,77,79,80);/q;+3/p-1. The van der Waals surface area contributed by atoms with E-state index < -0.39 is 5.41 Å². The van der Waals surface area contributed by atoms with Crippen LogP contribution in [0.4, 0.5) is 0 Å². The Bertz CT molecular complexity index is 3500. The van der Waals surface area contributed by atoms with Gasteiger partial charge in [-0.15, -0.1) is 22.1 Å². The third-order valence-electron chi connectivity index (χ3n) is 18.5. The summed E-state index contributed by atoms with van der Waals surface area (Å²) in [6.07, 6.45) is 23.3. The van der Waals surface area contributed by atoms with Crippen molar-refractivity contribution >= 4 is 58.2 Å². The molecule has 2 amide bonds. The Hall–Kier alpha value is -7.34. The van der Waals surface area contributed by atoms with Gasteiger partial charge in [0, 0.05) is 62.4 Å². The van der Waals surface area contributed by atoms with Crippen molar-refractivity contribution in [3.05, 3.63) is 145 Å². The maximum Gasteiger partial charge on any atom is 3.00 e. The van der Waals surface area contributed by atoms with Gasteiger partial charge in [0.15, 0.2) is 12.4 Å². The normalized spacial score (nSPS) is 15.5. The third-order valence-corrected chi connectivity index (χ3v) is 18.5.